The van der Waals surface area contributed by atoms with Crippen LogP contribution in [-0.2, 0) is 19.5 Å². The summed E-state index contributed by atoms with van der Waals surface area (Å²) < 4.78 is 3.75. The van der Waals surface area contributed by atoms with Gasteiger partial charge in [-0.25, -0.2) is 9.59 Å². The second-order valence-corrected chi connectivity index (χ2v) is 13.6. The molecule has 6 heterocycles. The first-order valence-corrected chi connectivity index (χ1v) is 16.6. The maximum atomic E-state index is 13.2. The monoisotopic (exact) mass is 630 g/mol. The number of likely N-dealkylation sites (tertiary alicyclic amines) is 2. The van der Waals surface area contributed by atoms with Crippen LogP contribution in [0, 0.1) is 11.8 Å². The summed E-state index contributed by atoms with van der Waals surface area (Å²) in [6, 6.07) is 26.5. The molecule has 2 N–H and O–H groups in total. The Bertz CT molecular complexity index is 1810. The van der Waals surface area contributed by atoms with Gasteiger partial charge in [0.1, 0.15) is 0 Å². The lowest BCUT2D eigenvalue weighted by Gasteiger charge is -2.42. The van der Waals surface area contributed by atoms with Crippen LogP contribution in [-0.4, -0.2) is 57.2 Å². The Labute approximate surface area is 272 Å². The zero-order chi connectivity index (χ0) is 32.1. The lowest BCUT2D eigenvalue weighted by molar-refractivity contribution is 0.139. The van der Waals surface area contributed by atoms with Gasteiger partial charge in [0.25, 0.3) is 11.1 Å². The highest BCUT2D eigenvalue weighted by Crippen LogP contribution is 2.36. The van der Waals surface area contributed by atoms with Crippen molar-refractivity contribution in [1.82, 2.24) is 18.9 Å². The van der Waals surface area contributed by atoms with Gasteiger partial charge in [-0.15, -0.1) is 0 Å². The number of urea groups is 2. The van der Waals surface area contributed by atoms with Crippen LogP contribution >= 0.6 is 0 Å². The first-order chi connectivity index (χ1) is 22.9. The Morgan fingerprint density at radius 2 is 0.979 bits per heavy atom. The molecule has 0 unspecified atom stereocenters. The SMILES string of the molecule is O=C(Nc1ccc(Cc2ccc(NC(=O)N3C[C@H]4C[C@@H](C3)c3cccc(=O)n3C4)cc2)cc1)N1C[C@H]2C[C@H](C1)c1cccc(=O)n1C2. The van der Waals surface area contributed by atoms with E-state index in [-0.39, 0.29) is 46.9 Å². The van der Waals surface area contributed by atoms with Crippen molar-refractivity contribution in [2.45, 2.75) is 44.2 Å². The molecule has 4 atom stereocenters. The average molecular weight is 631 g/mol. The maximum absolute atomic E-state index is 13.2. The molecule has 0 aliphatic carbocycles. The minimum absolute atomic E-state index is 0.0426. The number of anilines is 2. The number of carbonyl (C=O) groups is 2. The molecule has 0 radical (unpaired) electrons. The van der Waals surface area contributed by atoms with Gasteiger partial charge in [-0.3, -0.25) is 9.59 Å². The average Bonchev–Trinajstić information content (AvgIpc) is 3.07. The molecular formula is C37H38N6O4. The molecule has 2 saturated heterocycles. The lowest BCUT2D eigenvalue weighted by atomic mass is 9.83. The molecule has 4 aliphatic heterocycles. The van der Waals surface area contributed by atoms with E-state index in [9.17, 15) is 19.2 Å². The number of hydrogen-bond donors (Lipinski definition) is 2. The van der Waals surface area contributed by atoms with Gasteiger partial charge in [0.2, 0.25) is 0 Å². The summed E-state index contributed by atoms with van der Waals surface area (Å²) in [5.41, 5.74) is 5.88. The van der Waals surface area contributed by atoms with Crippen molar-refractivity contribution in [3.05, 3.63) is 128 Å². The Morgan fingerprint density at radius 3 is 1.40 bits per heavy atom. The normalized spacial score (nSPS) is 22.6. The van der Waals surface area contributed by atoms with E-state index in [2.05, 4.69) is 10.6 Å². The van der Waals surface area contributed by atoms with Crippen molar-refractivity contribution < 1.29 is 9.59 Å². The summed E-state index contributed by atoms with van der Waals surface area (Å²) in [4.78, 5) is 54.7. The predicted octanol–water partition coefficient (Wildman–Crippen LogP) is 4.90. The molecule has 8 rings (SSSR count). The van der Waals surface area contributed by atoms with Crippen LogP contribution in [0.1, 0.15) is 47.2 Å². The lowest BCUT2D eigenvalue weighted by Crippen LogP contribution is -2.50. The van der Waals surface area contributed by atoms with Gasteiger partial charge in [-0.05, 0) is 78.6 Å². The number of carbonyl (C=O) groups excluding carboxylic acids is 2. The van der Waals surface area contributed by atoms with Gasteiger partial charge >= 0.3 is 12.1 Å². The summed E-state index contributed by atoms with van der Waals surface area (Å²) in [6.07, 6.45) is 2.74. The van der Waals surface area contributed by atoms with E-state index < -0.39 is 0 Å². The molecule has 2 fully saturated rings. The Kier molecular flexibility index (Phi) is 7.42. The molecule has 0 saturated carbocycles. The molecule has 10 nitrogen and oxygen atoms in total. The van der Waals surface area contributed by atoms with Crippen LogP contribution < -0.4 is 21.8 Å². The molecule has 4 aromatic rings. The smallest absolute Gasteiger partial charge is 0.321 e. The van der Waals surface area contributed by atoms with Crippen LogP contribution in [0.4, 0.5) is 21.0 Å². The summed E-state index contributed by atoms with van der Waals surface area (Å²) in [6.45, 7) is 3.83. The zero-order valence-electron chi connectivity index (χ0n) is 26.2. The number of benzene rings is 2. The van der Waals surface area contributed by atoms with Crippen molar-refractivity contribution in [2.75, 3.05) is 36.8 Å². The maximum Gasteiger partial charge on any atom is 0.321 e. The zero-order valence-corrected chi connectivity index (χ0v) is 26.2. The molecule has 4 amide bonds. The van der Waals surface area contributed by atoms with Crippen LogP contribution in [0.15, 0.2) is 94.5 Å². The van der Waals surface area contributed by atoms with Crippen LogP contribution in [0.3, 0.4) is 0 Å². The van der Waals surface area contributed by atoms with Crippen LogP contribution in [0.5, 0.6) is 0 Å². The number of pyridine rings is 2. The van der Waals surface area contributed by atoms with E-state index in [1.54, 1.807) is 12.1 Å². The highest BCUT2D eigenvalue weighted by atomic mass is 16.2. The Balaban J connectivity index is 0.843. The first kappa shape index (κ1) is 29.3. The number of hydrogen-bond acceptors (Lipinski definition) is 4. The molecule has 240 valence electrons. The molecule has 10 heteroatoms. The predicted molar refractivity (Wildman–Crippen MR) is 180 cm³/mol. The van der Waals surface area contributed by atoms with E-state index >= 15 is 0 Å². The fourth-order valence-corrected chi connectivity index (χ4v) is 8.18. The van der Waals surface area contributed by atoms with Gasteiger partial charge in [0.15, 0.2) is 0 Å². The second-order valence-electron chi connectivity index (χ2n) is 13.6. The van der Waals surface area contributed by atoms with E-state index in [0.717, 1.165) is 53.2 Å². The fourth-order valence-electron chi connectivity index (χ4n) is 8.18. The van der Waals surface area contributed by atoms with Crippen molar-refractivity contribution in [2.24, 2.45) is 11.8 Å². The summed E-state index contributed by atoms with van der Waals surface area (Å²) >= 11 is 0. The highest BCUT2D eigenvalue weighted by molar-refractivity contribution is 5.90. The fraction of sp³-hybridized carbons (Fsp3) is 0.351. The molecule has 47 heavy (non-hydrogen) atoms. The molecule has 2 aromatic carbocycles. The third-order valence-electron chi connectivity index (χ3n) is 10.4. The number of rotatable bonds is 4. The van der Waals surface area contributed by atoms with Crippen molar-refractivity contribution >= 4 is 23.4 Å². The second kappa shape index (κ2) is 11.9. The van der Waals surface area contributed by atoms with Crippen LogP contribution in [0.2, 0.25) is 0 Å². The van der Waals surface area contributed by atoms with Crippen molar-refractivity contribution in [3.8, 4) is 0 Å². The van der Waals surface area contributed by atoms with E-state index in [1.165, 1.54) is 0 Å². The minimum atomic E-state index is -0.107. The third-order valence-corrected chi connectivity index (χ3v) is 10.4. The van der Waals surface area contributed by atoms with E-state index in [4.69, 9.17) is 0 Å². The van der Waals surface area contributed by atoms with Crippen molar-refractivity contribution in [1.29, 1.82) is 0 Å². The van der Waals surface area contributed by atoms with Gasteiger partial charge < -0.3 is 29.6 Å². The van der Waals surface area contributed by atoms with Gasteiger partial charge in [0.05, 0.1) is 0 Å². The van der Waals surface area contributed by atoms with E-state index in [1.807, 2.05) is 91.7 Å². The largest absolute Gasteiger partial charge is 0.324 e. The number of amides is 4. The quantitative estimate of drug-likeness (QED) is 0.334. The standard InChI is InChI=1S/C37H38N6O4/c44-34-5-1-3-32-28-16-26(20-42(32)34)18-40(22-28)36(46)38-30-11-7-24(8-12-30)15-25-9-13-31(14-10-25)39-37(47)41-19-27-17-29(23-41)33-4-2-6-35(45)43(33)21-27/h1-14,26-29H,15-23H2,(H,38,46)(H,39,47)/t26-,27-,28-,29+/m1/s1. The van der Waals surface area contributed by atoms with Gasteiger partial charge in [-0.1, -0.05) is 36.4 Å². The van der Waals surface area contributed by atoms with Crippen molar-refractivity contribution in [3.63, 3.8) is 0 Å². The molecule has 2 aromatic heterocycles. The number of aromatic nitrogens is 2. The summed E-state index contributed by atoms with van der Waals surface area (Å²) in [5, 5.41) is 6.12. The molecular weight excluding hydrogens is 592 g/mol. The topological polar surface area (TPSA) is 109 Å². The number of nitrogens with one attached hydrogen (secondary N) is 2. The Hall–Kier alpha value is -5.12. The van der Waals surface area contributed by atoms with Gasteiger partial charge in [0, 0.05) is 86.0 Å². The number of fused-ring (bicyclic) bond motifs is 8. The summed E-state index contributed by atoms with van der Waals surface area (Å²) in [7, 11) is 0. The number of piperidine rings is 2. The minimum Gasteiger partial charge on any atom is -0.324 e. The Morgan fingerprint density at radius 1 is 0.553 bits per heavy atom. The molecule has 0 spiro atoms. The molecule has 4 aliphatic rings. The highest BCUT2D eigenvalue weighted by Gasteiger charge is 2.37. The van der Waals surface area contributed by atoms with E-state index in [0.29, 0.717) is 39.3 Å². The van der Waals surface area contributed by atoms with Gasteiger partial charge in [-0.2, -0.15) is 0 Å². The third kappa shape index (κ3) is 5.84. The summed E-state index contributed by atoms with van der Waals surface area (Å²) in [5.74, 6) is 0.927. The first-order valence-electron chi connectivity index (χ1n) is 16.6. The number of nitrogens with zero attached hydrogens (tertiary/aromatic N) is 4. The van der Waals surface area contributed by atoms with Crippen LogP contribution in [0.25, 0.3) is 0 Å². The molecule has 4 bridgehead atoms.